The molecule has 0 aromatic carbocycles. The molecule has 0 bridgehead atoms. The van der Waals surface area contributed by atoms with Crippen LogP contribution >= 0.6 is 0 Å². The number of nitrogens with zero attached hydrogens (tertiary/aromatic N) is 3. The van der Waals surface area contributed by atoms with Crippen molar-refractivity contribution in [2.24, 2.45) is 7.05 Å². The Labute approximate surface area is 147 Å². The highest BCUT2D eigenvalue weighted by molar-refractivity contribution is 5.92. The molecule has 0 radical (unpaired) electrons. The van der Waals surface area contributed by atoms with Crippen LogP contribution < -0.4 is 4.74 Å². The van der Waals surface area contributed by atoms with Crippen LogP contribution in [0.4, 0.5) is 0 Å². The molecule has 2 aromatic heterocycles. The van der Waals surface area contributed by atoms with Gasteiger partial charge in [-0.25, -0.2) is 0 Å². The van der Waals surface area contributed by atoms with Gasteiger partial charge in [-0.3, -0.25) is 9.78 Å². The van der Waals surface area contributed by atoms with Gasteiger partial charge in [-0.15, -0.1) is 0 Å². The third-order valence-electron chi connectivity index (χ3n) is 5.24. The summed E-state index contributed by atoms with van der Waals surface area (Å²) in [5, 5.41) is 0. The summed E-state index contributed by atoms with van der Waals surface area (Å²) in [6.45, 7) is 2.05. The van der Waals surface area contributed by atoms with E-state index in [4.69, 9.17) is 9.47 Å². The zero-order chi connectivity index (χ0) is 17.3. The van der Waals surface area contributed by atoms with Crippen LogP contribution in [0.2, 0.25) is 0 Å². The average molecular weight is 341 g/mol. The van der Waals surface area contributed by atoms with E-state index in [9.17, 15) is 4.79 Å². The Bertz CT molecular complexity index is 735. The second-order valence-electron chi connectivity index (χ2n) is 6.92. The van der Waals surface area contributed by atoms with Gasteiger partial charge in [-0.2, -0.15) is 0 Å². The molecule has 1 unspecified atom stereocenters. The lowest BCUT2D eigenvalue weighted by Crippen LogP contribution is -2.47. The van der Waals surface area contributed by atoms with E-state index in [0.717, 1.165) is 43.8 Å². The highest BCUT2D eigenvalue weighted by Gasteiger charge is 2.44. The van der Waals surface area contributed by atoms with Crippen LogP contribution in [-0.4, -0.2) is 51.8 Å². The monoisotopic (exact) mass is 341 g/mol. The summed E-state index contributed by atoms with van der Waals surface area (Å²) in [4.78, 5) is 18.6. The van der Waals surface area contributed by atoms with Gasteiger partial charge in [0, 0.05) is 39.0 Å². The first-order valence-electron chi connectivity index (χ1n) is 8.76. The molecule has 1 amide bonds. The number of aryl methyl sites for hydroxylation is 1. The van der Waals surface area contributed by atoms with E-state index < -0.39 is 0 Å². The first-order chi connectivity index (χ1) is 12.2. The van der Waals surface area contributed by atoms with Gasteiger partial charge in [0.1, 0.15) is 17.5 Å². The molecule has 4 heterocycles. The summed E-state index contributed by atoms with van der Waals surface area (Å²) in [7, 11) is 1.90. The first-order valence-corrected chi connectivity index (χ1v) is 8.76. The standard InChI is InChI=1S/C19H23N3O3/c1-21-9-3-5-17(21)18(23)22-10-6-19(7-11-22)12-16(14-24-19)25-15-4-2-8-20-13-15/h2-5,8-9,13,16H,6-7,10-12,14H2,1H3. The predicted octanol–water partition coefficient (Wildman–Crippen LogP) is 2.26. The number of carbonyl (C=O) groups is 1. The number of aromatic nitrogens is 2. The molecule has 1 spiro atoms. The van der Waals surface area contributed by atoms with Gasteiger partial charge in [-0.1, -0.05) is 0 Å². The van der Waals surface area contributed by atoms with Crippen molar-refractivity contribution in [1.82, 2.24) is 14.5 Å². The fourth-order valence-electron chi connectivity index (χ4n) is 3.80. The molecule has 2 aliphatic heterocycles. The minimum Gasteiger partial charge on any atom is -0.486 e. The minimum absolute atomic E-state index is 0.0549. The smallest absolute Gasteiger partial charge is 0.270 e. The number of hydrogen-bond acceptors (Lipinski definition) is 4. The molecule has 0 aliphatic carbocycles. The van der Waals surface area contributed by atoms with Crippen molar-refractivity contribution >= 4 is 5.91 Å². The Kier molecular flexibility index (Phi) is 4.21. The van der Waals surface area contributed by atoms with Crippen molar-refractivity contribution < 1.29 is 14.3 Å². The van der Waals surface area contributed by atoms with Gasteiger partial charge in [0.2, 0.25) is 0 Å². The molecule has 2 fully saturated rings. The van der Waals surface area contributed by atoms with Crippen LogP contribution in [-0.2, 0) is 11.8 Å². The largest absolute Gasteiger partial charge is 0.486 e. The maximum Gasteiger partial charge on any atom is 0.270 e. The number of pyridine rings is 1. The molecule has 0 saturated carbocycles. The van der Waals surface area contributed by atoms with E-state index in [-0.39, 0.29) is 17.6 Å². The van der Waals surface area contributed by atoms with E-state index in [2.05, 4.69) is 4.98 Å². The third kappa shape index (κ3) is 3.26. The third-order valence-corrected chi connectivity index (χ3v) is 5.24. The number of amides is 1. The van der Waals surface area contributed by atoms with Gasteiger partial charge < -0.3 is 18.9 Å². The van der Waals surface area contributed by atoms with Gasteiger partial charge in [0.25, 0.3) is 5.91 Å². The summed E-state index contributed by atoms with van der Waals surface area (Å²) in [6.07, 6.45) is 8.00. The number of piperidine rings is 1. The second-order valence-corrected chi connectivity index (χ2v) is 6.92. The zero-order valence-electron chi connectivity index (χ0n) is 14.4. The summed E-state index contributed by atoms with van der Waals surface area (Å²) in [5.74, 6) is 0.882. The number of rotatable bonds is 3. The lowest BCUT2D eigenvalue weighted by Gasteiger charge is -2.38. The molecule has 0 N–H and O–H groups in total. The summed E-state index contributed by atoms with van der Waals surface area (Å²) in [5.41, 5.74) is 0.582. The summed E-state index contributed by atoms with van der Waals surface area (Å²) >= 11 is 0. The quantitative estimate of drug-likeness (QED) is 0.859. The van der Waals surface area contributed by atoms with Gasteiger partial charge >= 0.3 is 0 Å². The lowest BCUT2D eigenvalue weighted by atomic mass is 9.88. The van der Waals surface area contributed by atoms with Crippen molar-refractivity contribution in [3.8, 4) is 5.75 Å². The molecule has 6 heteroatoms. The van der Waals surface area contributed by atoms with Crippen molar-refractivity contribution in [2.75, 3.05) is 19.7 Å². The van der Waals surface area contributed by atoms with Crippen LogP contribution in [0, 0.1) is 0 Å². The molecule has 2 aromatic rings. The Morgan fingerprint density at radius 2 is 2.16 bits per heavy atom. The number of carbonyl (C=O) groups excluding carboxylic acids is 1. The predicted molar refractivity (Wildman–Crippen MR) is 92.5 cm³/mol. The highest BCUT2D eigenvalue weighted by Crippen LogP contribution is 2.37. The van der Waals surface area contributed by atoms with Gasteiger partial charge in [0.15, 0.2) is 0 Å². The van der Waals surface area contributed by atoms with Crippen molar-refractivity contribution in [2.45, 2.75) is 31.0 Å². The molecule has 2 aliphatic rings. The summed E-state index contributed by atoms with van der Waals surface area (Å²) in [6, 6.07) is 7.56. The van der Waals surface area contributed by atoms with E-state index in [1.165, 1.54) is 0 Å². The van der Waals surface area contributed by atoms with Crippen LogP contribution in [0.25, 0.3) is 0 Å². The van der Waals surface area contributed by atoms with Crippen LogP contribution in [0.5, 0.6) is 5.75 Å². The fraction of sp³-hybridized carbons (Fsp3) is 0.474. The first kappa shape index (κ1) is 16.1. The molecule has 1 atom stereocenters. The zero-order valence-corrected chi connectivity index (χ0v) is 14.4. The Balaban J connectivity index is 1.34. The summed E-state index contributed by atoms with van der Waals surface area (Å²) < 4.78 is 14.0. The van der Waals surface area contributed by atoms with Crippen LogP contribution in [0.1, 0.15) is 29.8 Å². The maximum atomic E-state index is 12.6. The fourth-order valence-corrected chi connectivity index (χ4v) is 3.80. The normalized spacial score (nSPS) is 22.3. The molecular formula is C19H23N3O3. The van der Waals surface area contributed by atoms with E-state index in [0.29, 0.717) is 6.61 Å². The molecule has 6 nitrogen and oxygen atoms in total. The van der Waals surface area contributed by atoms with Crippen LogP contribution in [0.15, 0.2) is 42.9 Å². The van der Waals surface area contributed by atoms with Gasteiger partial charge in [-0.05, 0) is 37.1 Å². The molecular weight excluding hydrogens is 318 g/mol. The SMILES string of the molecule is Cn1cccc1C(=O)N1CCC2(CC1)CC(Oc1cccnc1)CO2. The number of hydrogen-bond donors (Lipinski definition) is 0. The van der Waals surface area contributed by atoms with E-state index in [1.807, 2.05) is 47.0 Å². The van der Waals surface area contributed by atoms with E-state index >= 15 is 0 Å². The average Bonchev–Trinajstić information content (AvgIpc) is 3.23. The second kappa shape index (κ2) is 6.52. The lowest BCUT2D eigenvalue weighted by molar-refractivity contribution is -0.0397. The maximum absolute atomic E-state index is 12.6. The van der Waals surface area contributed by atoms with Crippen molar-refractivity contribution in [3.63, 3.8) is 0 Å². The molecule has 2 saturated heterocycles. The Hall–Kier alpha value is -2.34. The Morgan fingerprint density at radius 3 is 2.84 bits per heavy atom. The minimum atomic E-state index is -0.155. The number of likely N-dealkylation sites (tertiary alicyclic amines) is 1. The van der Waals surface area contributed by atoms with Crippen molar-refractivity contribution in [1.29, 1.82) is 0 Å². The molecule has 4 rings (SSSR count). The highest BCUT2D eigenvalue weighted by atomic mass is 16.6. The topological polar surface area (TPSA) is 56.6 Å². The molecule has 132 valence electrons. The van der Waals surface area contributed by atoms with Crippen molar-refractivity contribution in [3.05, 3.63) is 48.5 Å². The van der Waals surface area contributed by atoms with E-state index in [1.54, 1.807) is 12.4 Å². The molecule has 25 heavy (non-hydrogen) atoms. The number of ether oxygens (including phenoxy) is 2. The Morgan fingerprint density at radius 1 is 1.32 bits per heavy atom. The van der Waals surface area contributed by atoms with Gasteiger partial charge in [0.05, 0.1) is 18.4 Å². The van der Waals surface area contributed by atoms with Crippen LogP contribution in [0.3, 0.4) is 0 Å².